The molecule has 2 atom stereocenters. The van der Waals surface area contributed by atoms with Gasteiger partial charge < -0.3 is 5.73 Å². The molecule has 0 aromatic carbocycles. The Balaban J connectivity index is 1.67. The fourth-order valence-electron chi connectivity index (χ4n) is 3.99. The number of rotatable bonds is 4. The van der Waals surface area contributed by atoms with E-state index in [-0.39, 0.29) is 6.04 Å². The van der Waals surface area contributed by atoms with Gasteiger partial charge in [-0.2, -0.15) is 17.0 Å². The molecule has 0 amide bonds. The van der Waals surface area contributed by atoms with Gasteiger partial charge >= 0.3 is 0 Å². The molecule has 0 spiro atoms. The van der Waals surface area contributed by atoms with Crippen LogP contribution < -0.4 is 5.73 Å². The highest BCUT2D eigenvalue weighted by Gasteiger charge is 2.40. The summed E-state index contributed by atoms with van der Waals surface area (Å²) in [5, 5.41) is 0. The molecular formula is C14H28N4O2S. The highest BCUT2D eigenvalue weighted by molar-refractivity contribution is 7.86. The van der Waals surface area contributed by atoms with Gasteiger partial charge in [0, 0.05) is 38.3 Å². The number of hydrogen-bond donors (Lipinski definition) is 1. The topological polar surface area (TPSA) is 69.9 Å². The summed E-state index contributed by atoms with van der Waals surface area (Å²) >= 11 is 0. The summed E-state index contributed by atoms with van der Waals surface area (Å²) in [6, 6.07) is 0.415. The van der Waals surface area contributed by atoms with E-state index in [1.807, 2.05) is 0 Å². The first-order valence-electron chi connectivity index (χ1n) is 8.34. The minimum absolute atomic E-state index is 0.00501. The Morgan fingerprint density at radius 2 is 1.67 bits per heavy atom. The van der Waals surface area contributed by atoms with E-state index in [1.165, 1.54) is 12.8 Å². The third kappa shape index (κ3) is 3.12. The Labute approximate surface area is 128 Å². The Bertz CT molecular complexity index is 450. The highest BCUT2D eigenvalue weighted by Crippen LogP contribution is 2.27. The van der Waals surface area contributed by atoms with Crippen molar-refractivity contribution < 1.29 is 8.42 Å². The largest absolute Gasteiger partial charge is 0.329 e. The normalized spacial score (nSPS) is 33.8. The van der Waals surface area contributed by atoms with Gasteiger partial charge in [0.25, 0.3) is 10.2 Å². The molecule has 0 aliphatic carbocycles. The van der Waals surface area contributed by atoms with E-state index in [4.69, 9.17) is 5.73 Å². The van der Waals surface area contributed by atoms with Gasteiger partial charge in [-0.1, -0.05) is 6.42 Å². The third-order valence-electron chi connectivity index (χ3n) is 5.25. The van der Waals surface area contributed by atoms with Crippen LogP contribution in [0.2, 0.25) is 0 Å². The summed E-state index contributed by atoms with van der Waals surface area (Å²) in [6.07, 6.45) is 6.43. The van der Waals surface area contributed by atoms with Crippen molar-refractivity contribution in [2.75, 3.05) is 39.3 Å². The van der Waals surface area contributed by atoms with Gasteiger partial charge in [-0.15, -0.1) is 0 Å². The zero-order valence-corrected chi connectivity index (χ0v) is 13.6. The SMILES string of the molecule is NCC1CCCCN1S(=O)(=O)N1CCC(N2CCCC2)C1. The van der Waals surface area contributed by atoms with Crippen molar-refractivity contribution in [2.45, 2.75) is 50.6 Å². The maximum atomic E-state index is 12.9. The number of piperidine rings is 1. The van der Waals surface area contributed by atoms with Crippen LogP contribution in [0.3, 0.4) is 0 Å². The standard InChI is InChI=1S/C14H28N4O2S/c15-11-13-5-1-2-9-18(13)21(19,20)17-10-6-14(12-17)16-7-3-4-8-16/h13-14H,1-12,15H2. The molecule has 3 aliphatic heterocycles. The van der Waals surface area contributed by atoms with Crippen molar-refractivity contribution in [3.63, 3.8) is 0 Å². The predicted octanol–water partition coefficient (Wildman–Crippen LogP) is 0.215. The van der Waals surface area contributed by atoms with Crippen LogP contribution in [-0.2, 0) is 10.2 Å². The molecule has 0 saturated carbocycles. The molecule has 0 bridgehead atoms. The smallest absolute Gasteiger partial charge is 0.282 e. The lowest BCUT2D eigenvalue weighted by Crippen LogP contribution is -2.52. The fourth-order valence-corrected chi connectivity index (χ4v) is 5.91. The van der Waals surface area contributed by atoms with Crippen molar-refractivity contribution in [3.05, 3.63) is 0 Å². The van der Waals surface area contributed by atoms with Crippen LogP contribution in [0.5, 0.6) is 0 Å². The van der Waals surface area contributed by atoms with E-state index in [0.717, 1.165) is 38.8 Å². The summed E-state index contributed by atoms with van der Waals surface area (Å²) in [7, 11) is -3.33. The monoisotopic (exact) mass is 316 g/mol. The van der Waals surface area contributed by atoms with Gasteiger partial charge in [-0.3, -0.25) is 4.90 Å². The summed E-state index contributed by atoms with van der Waals surface area (Å²) in [4.78, 5) is 2.46. The zero-order valence-electron chi connectivity index (χ0n) is 12.8. The van der Waals surface area contributed by atoms with Gasteiger partial charge in [-0.05, 0) is 45.2 Å². The Morgan fingerprint density at radius 3 is 2.38 bits per heavy atom. The lowest BCUT2D eigenvalue weighted by atomic mass is 10.1. The molecule has 3 fully saturated rings. The van der Waals surface area contributed by atoms with Crippen LogP contribution in [-0.4, -0.2) is 73.3 Å². The minimum atomic E-state index is -3.33. The number of nitrogens with zero attached hydrogens (tertiary/aromatic N) is 3. The first kappa shape index (κ1) is 15.7. The first-order valence-corrected chi connectivity index (χ1v) is 9.73. The molecule has 3 aliphatic rings. The summed E-state index contributed by atoms with van der Waals surface area (Å²) in [6.45, 7) is 4.66. The molecule has 3 heterocycles. The summed E-state index contributed by atoms with van der Waals surface area (Å²) < 4.78 is 29.2. The summed E-state index contributed by atoms with van der Waals surface area (Å²) in [5.74, 6) is 0. The average molecular weight is 316 g/mol. The average Bonchev–Trinajstić information content (AvgIpc) is 3.17. The van der Waals surface area contributed by atoms with Crippen LogP contribution in [0.15, 0.2) is 0 Å². The second-order valence-corrected chi connectivity index (χ2v) is 8.43. The second-order valence-electron chi connectivity index (χ2n) is 6.55. The molecule has 3 rings (SSSR count). The van der Waals surface area contributed by atoms with Gasteiger partial charge in [-0.25, -0.2) is 0 Å². The maximum Gasteiger partial charge on any atom is 0.282 e. The highest BCUT2D eigenvalue weighted by atomic mass is 32.2. The van der Waals surface area contributed by atoms with Crippen molar-refractivity contribution in [3.8, 4) is 0 Å². The van der Waals surface area contributed by atoms with Crippen molar-refractivity contribution in [2.24, 2.45) is 5.73 Å². The molecule has 7 heteroatoms. The van der Waals surface area contributed by atoms with Crippen molar-refractivity contribution >= 4 is 10.2 Å². The van der Waals surface area contributed by atoms with Crippen LogP contribution in [0.25, 0.3) is 0 Å². The molecule has 0 aromatic heterocycles. The van der Waals surface area contributed by atoms with Crippen LogP contribution in [0.4, 0.5) is 0 Å². The molecule has 0 aromatic rings. The van der Waals surface area contributed by atoms with E-state index >= 15 is 0 Å². The molecule has 0 radical (unpaired) electrons. The van der Waals surface area contributed by atoms with Crippen molar-refractivity contribution in [1.29, 1.82) is 0 Å². The fraction of sp³-hybridized carbons (Fsp3) is 1.00. The molecule has 3 saturated heterocycles. The van der Waals surface area contributed by atoms with Gasteiger partial charge in [0.2, 0.25) is 0 Å². The first-order chi connectivity index (χ1) is 10.1. The third-order valence-corrected chi connectivity index (χ3v) is 7.31. The maximum absolute atomic E-state index is 12.9. The molecule has 6 nitrogen and oxygen atoms in total. The summed E-state index contributed by atoms with van der Waals surface area (Å²) in [5.41, 5.74) is 5.78. The minimum Gasteiger partial charge on any atom is -0.329 e. The van der Waals surface area contributed by atoms with Gasteiger partial charge in [0.15, 0.2) is 0 Å². The predicted molar refractivity (Wildman–Crippen MR) is 83.1 cm³/mol. The molecular weight excluding hydrogens is 288 g/mol. The van der Waals surface area contributed by atoms with Crippen LogP contribution in [0.1, 0.15) is 38.5 Å². The number of hydrogen-bond acceptors (Lipinski definition) is 4. The molecule has 21 heavy (non-hydrogen) atoms. The Morgan fingerprint density at radius 1 is 0.952 bits per heavy atom. The van der Waals surface area contributed by atoms with E-state index in [1.54, 1.807) is 8.61 Å². The van der Waals surface area contributed by atoms with Crippen molar-refractivity contribution in [1.82, 2.24) is 13.5 Å². The second kappa shape index (κ2) is 6.50. The van der Waals surface area contributed by atoms with Crippen LogP contribution in [0, 0.1) is 0 Å². The van der Waals surface area contributed by atoms with Gasteiger partial charge in [0.05, 0.1) is 0 Å². The molecule has 122 valence electrons. The quantitative estimate of drug-likeness (QED) is 0.805. The van der Waals surface area contributed by atoms with E-state index in [2.05, 4.69) is 4.90 Å². The lowest BCUT2D eigenvalue weighted by molar-refractivity contribution is 0.229. The van der Waals surface area contributed by atoms with Crippen LogP contribution >= 0.6 is 0 Å². The molecule has 2 N–H and O–H groups in total. The van der Waals surface area contributed by atoms with E-state index in [0.29, 0.717) is 32.2 Å². The number of likely N-dealkylation sites (tertiary alicyclic amines) is 1. The Kier molecular flexibility index (Phi) is 4.85. The zero-order chi connectivity index (χ0) is 14.9. The Hall–Kier alpha value is -0.210. The van der Waals surface area contributed by atoms with E-state index in [9.17, 15) is 8.42 Å². The lowest BCUT2D eigenvalue weighted by Gasteiger charge is -2.36. The number of nitrogens with two attached hydrogens (primary N) is 1. The molecule has 2 unspecified atom stereocenters. The van der Waals surface area contributed by atoms with E-state index < -0.39 is 10.2 Å². The van der Waals surface area contributed by atoms with Gasteiger partial charge in [0.1, 0.15) is 0 Å².